The smallest absolute Gasteiger partial charge is 0.269 e. The number of rotatable bonds is 9. The van der Waals surface area contributed by atoms with Gasteiger partial charge in [-0.25, -0.2) is 0 Å². The number of amides is 1. The zero-order valence-electron chi connectivity index (χ0n) is 15.8. The van der Waals surface area contributed by atoms with E-state index in [2.05, 4.69) is 20.8 Å². The first-order chi connectivity index (χ1) is 14.0. The molecule has 29 heavy (non-hydrogen) atoms. The van der Waals surface area contributed by atoms with Crippen LogP contribution >= 0.6 is 23.2 Å². The van der Waals surface area contributed by atoms with Crippen LogP contribution in [-0.4, -0.2) is 40.9 Å². The van der Waals surface area contributed by atoms with Crippen molar-refractivity contribution in [2.45, 2.75) is 19.4 Å². The van der Waals surface area contributed by atoms with Gasteiger partial charge in [0.2, 0.25) is 0 Å². The van der Waals surface area contributed by atoms with Crippen molar-refractivity contribution in [3.8, 4) is 11.3 Å². The van der Waals surface area contributed by atoms with Crippen molar-refractivity contribution < 1.29 is 14.3 Å². The van der Waals surface area contributed by atoms with E-state index in [-0.39, 0.29) is 18.6 Å². The van der Waals surface area contributed by atoms with Gasteiger partial charge in [-0.15, -0.1) is 0 Å². The molecule has 1 unspecified atom stereocenters. The second kappa shape index (κ2) is 9.93. The number of hydrogen-bond acceptors (Lipinski definition) is 5. The quantitative estimate of drug-likeness (QED) is 0.410. The summed E-state index contributed by atoms with van der Waals surface area (Å²) < 4.78 is 5.82. The minimum absolute atomic E-state index is 0.0433. The van der Waals surface area contributed by atoms with Gasteiger partial charge in [-0.3, -0.25) is 9.89 Å². The Labute approximate surface area is 178 Å². The summed E-state index contributed by atoms with van der Waals surface area (Å²) in [5.41, 5.74) is 1.93. The molecule has 4 N–H and O–H groups in total. The minimum atomic E-state index is -0.241. The van der Waals surface area contributed by atoms with Crippen LogP contribution in [0.25, 0.3) is 11.3 Å². The van der Waals surface area contributed by atoms with Gasteiger partial charge in [-0.1, -0.05) is 23.2 Å². The van der Waals surface area contributed by atoms with E-state index in [1.807, 2.05) is 25.1 Å². The van der Waals surface area contributed by atoms with Gasteiger partial charge in [0, 0.05) is 31.1 Å². The molecule has 0 bridgehead atoms. The SMILES string of the molecule is CC(NCCO)c1cc(C(=O)NCCc2ccc(-c3ccc(Cl)c(Cl)c3)o2)[nH]n1. The highest BCUT2D eigenvalue weighted by Gasteiger charge is 2.14. The Hall–Kier alpha value is -2.32. The van der Waals surface area contributed by atoms with Crippen LogP contribution in [0.3, 0.4) is 0 Å². The number of furan rings is 1. The van der Waals surface area contributed by atoms with Gasteiger partial charge in [0.1, 0.15) is 17.2 Å². The lowest BCUT2D eigenvalue weighted by molar-refractivity contribution is 0.0948. The summed E-state index contributed by atoms with van der Waals surface area (Å²) in [5, 5.41) is 22.6. The van der Waals surface area contributed by atoms with Gasteiger partial charge in [0.25, 0.3) is 5.91 Å². The third-order valence-corrected chi connectivity index (χ3v) is 5.11. The van der Waals surface area contributed by atoms with Crippen molar-refractivity contribution in [2.24, 2.45) is 0 Å². The molecule has 0 aliphatic rings. The largest absolute Gasteiger partial charge is 0.461 e. The Morgan fingerprint density at radius 2 is 2.03 bits per heavy atom. The topological polar surface area (TPSA) is 103 Å². The van der Waals surface area contributed by atoms with Crippen LogP contribution in [0.1, 0.15) is 34.9 Å². The summed E-state index contributed by atoms with van der Waals surface area (Å²) in [6.45, 7) is 2.83. The lowest BCUT2D eigenvalue weighted by atomic mass is 10.2. The minimum Gasteiger partial charge on any atom is -0.461 e. The predicted molar refractivity (Wildman–Crippen MR) is 112 cm³/mol. The third kappa shape index (κ3) is 5.61. The molecule has 0 radical (unpaired) electrons. The molecule has 0 aliphatic carbocycles. The molecule has 0 saturated carbocycles. The van der Waals surface area contributed by atoms with E-state index < -0.39 is 0 Å². The lowest BCUT2D eigenvalue weighted by Crippen LogP contribution is -2.26. The average Bonchev–Trinajstić information content (AvgIpc) is 3.38. The maximum atomic E-state index is 12.3. The molecular weight excluding hydrogens is 415 g/mol. The molecular formula is C20H22Cl2N4O3. The molecule has 2 heterocycles. The molecule has 9 heteroatoms. The Morgan fingerprint density at radius 3 is 2.79 bits per heavy atom. The van der Waals surface area contributed by atoms with Crippen molar-refractivity contribution in [3.05, 3.63) is 63.6 Å². The summed E-state index contributed by atoms with van der Waals surface area (Å²) in [6.07, 6.45) is 0.544. The standard InChI is InChI=1S/C20H22Cl2N4O3/c1-12(23-8-9-27)17-11-18(26-25-17)20(28)24-7-6-14-3-5-19(29-14)13-2-4-15(21)16(22)10-13/h2-5,10-12,23,27H,6-9H2,1H3,(H,24,28)(H,25,26). The van der Waals surface area contributed by atoms with E-state index in [0.29, 0.717) is 46.7 Å². The number of nitrogens with zero attached hydrogens (tertiary/aromatic N) is 1. The molecule has 3 rings (SSSR count). The van der Waals surface area contributed by atoms with Crippen LogP contribution < -0.4 is 10.6 Å². The lowest BCUT2D eigenvalue weighted by Gasteiger charge is -2.08. The van der Waals surface area contributed by atoms with Gasteiger partial charge in [-0.05, 0) is 43.3 Å². The predicted octanol–water partition coefficient (Wildman–Crippen LogP) is 3.59. The van der Waals surface area contributed by atoms with Crippen LogP contribution in [0.2, 0.25) is 10.0 Å². The van der Waals surface area contributed by atoms with E-state index in [1.165, 1.54) is 0 Å². The molecule has 7 nitrogen and oxygen atoms in total. The second-order valence-corrected chi connectivity index (χ2v) is 7.32. The van der Waals surface area contributed by atoms with Gasteiger partial charge >= 0.3 is 0 Å². The van der Waals surface area contributed by atoms with Crippen LogP contribution in [0, 0.1) is 0 Å². The van der Waals surface area contributed by atoms with Crippen molar-refractivity contribution in [2.75, 3.05) is 19.7 Å². The fraction of sp³-hybridized carbons (Fsp3) is 0.300. The van der Waals surface area contributed by atoms with Gasteiger partial charge in [0.15, 0.2) is 0 Å². The normalized spacial score (nSPS) is 12.1. The second-order valence-electron chi connectivity index (χ2n) is 6.51. The molecule has 0 saturated heterocycles. The highest BCUT2D eigenvalue weighted by Crippen LogP contribution is 2.29. The van der Waals surface area contributed by atoms with E-state index in [9.17, 15) is 4.79 Å². The highest BCUT2D eigenvalue weighted by atomic mass is 35.5. The summed E-state index contributed by atoms with van der Waals surface area (Å²) in [4.78, 5) is 12.3. The number of aliphatic hydroxyl groups excluding tert-OH is 1. The number of carbonyl (C=O) groups excluding carboxylic acids is 1. The first-order valence-corrected chi connectivity index (χ1v) is 9.95. The molecule has 3 aromatic rings. The maximum absolute atomic E-state index is 12.3. The maximum Gasteiger partial charge on any atom is 0.269 e. The molecule has 154 valence electrons. The summed E-state index contributed by atoms with van der Waals surface area (Å²) >= 11 is 12.0. The number of nitrogens with one attached hydrogen (secondary N) is 3. The first kappa shape index (κ1) is 21.4. The molecule has 2 aromatic heterocycles. The van der Waals surface area contributed by atoms with Crippen molar-refractivity contribution in [1.82, 2.24) is 20.8 Å². The van der Waals surface area contributed by atoms with Crippen molar-refractivity contribution in [1.29, 1.82) is 0 Å². The Kier molecular flexibility index (Phi) is 7.33. The Morgan fingerprint density at radius 1 is 1.21 bits per heavy atom. The number of H-pyrrole nitrogens is 1. The van der Waals surface area contributed by atoms with Crippen LogP contribution in [0.5, 0.6) is 0 Å². The zero-order chi connectivity index (χ0) is 20.8. The number of halogens is 2. The fourth-order valence-electron chi connectivity index (χ4n) is 2.77. The number of benzene rings is 1. The first-order valence-electron chi connectivity index (χ1n) is 9.20. The third-order valence-electron chi connectivity index (χ3n) is 4.37. The zero-order valence-corrected chi connectivity index (χ0v) is 17.3. The molecule has 0 aliphatic heterocycles. The summed E-state index contributed by atoms with van der Waals surface area (Å²) in [6, 6.07) is 10.7. The number of aliphatic hydroxyl groups is 1. The summed E-state index contributed by atoms with van der Waals surface area (Å²) in [7, 11) is 0. The number of aromatic amines is 1. The van der Waals surface area contributed by atoms with E-state index >= 15 is 0 Å². The van der Waals surface area contributed by atoms with Crippen molar-refractivity contribution in [3.63, 3.8) is 0 Å². The van der Waals surface area contributed by atoms with Crippen molar-refractivity contribution >= 4 is 29.1 Å². The molecule has 1 atom stereocenters. The van der Waals surface area contributed by atoms with E-state index in [1.54, 1.807) is 18.2 Å². The Balaban J connectivity index is 1.51. The molecule has 1 amide bonds. The molecule has 0 spiro atoms. The Bertz CT molecular complexity index is 970. The highest BCUT2D eigenvalue weighted by molar-refractivity contribution is 6.42. The average molecular weight is 437 g/mol. The number of hydrogen-bond donors (Lipinski definition) is 4. The molecule has 1 aromatic carbocycles. The number of carbonyl (C=O) groups is 1. The fourth-order valence-corrected chi connectivity index (χ4v) is 3.07. The molecule has 0 fully saturated rings. The van der Waals surface area contributed by atoms with E-state index in [4.69, 9.17) is 32.7 Å². The van der Waals surface area contributed by atoms with E-state index in [0.717, 1.165) is 11.3 Å². The number of aromatic nitrogens is 2. The van der Waals surface area contributed by atoms with Gasteiger partial charge < -0.3 is 20.2 Å². The van der Waals surface area contributed by atoms with Crippen LogP contribution in [0.15, 0.2) is 40.8 Å². The van der Waals surface area contributed by atoms with Crippen LogP contribution in [0.4, 0.5) is 0 Å². The summed E-state index contributed by atoms with van der Waals surface area (Å²) in [5.74, 6) is 1.19. The monoisotopic (exact) mass is 436 g/mol. The van der Waals surface area contributed by atoms with Gasteiger partial charge in [-0.2, -0.15) is 5.10 Å². The van der Waals surface area contributed by atoms with Gasteiger partial charge in [0.05, 0.1) is 22.3 Å². The van der Waals surface area contributed by atoms with Crippen LogP contribution in [-0.2, 0) is 6.42 Å².